The fourth-order valence-corrected chi connectivity index (χ4v) is 1.40. The Morgan fingerprint density at radius 3 is 2.50 bits per heavy atom. The van der Waals surface area contributed by atoms with Crippen molar-refractivity contribution >= 4 is 0 Å². The molecule has 92 valence electrons. The molecule has 1 aromatic heterocycles. The van der Waals surface area contributed by atoms with Crippen LogP contribution in [0.4, 0.5) is 0 Å². The van der Waals surface area contributed by atoms with Crippen molar-refractivity contribution in [3.05, 3.63) is 17.0 Å². The summed E-state index contributed by atoms with van der Waals surface area (Å²) in [4.78, 5) is 0. The number of rotatable bonds is 5. The van der Waals surface area contributed by atoms with Gasteiger partial charge in [-0.1, -0.05) is 5.16 Å². The standard InChI is InChI=1S/C12H22N2O2/c1-9-11(10(2)16-14-9)8-13-6-7-15-12(3,4)5/h13H,6-8H2,1-5H3. The summed E-state index contributed by atoms with van der Waals surface area (Å²) in [5.74, 6) is 0.890. The molecule has 0 fully saturated rings. The Hall–Kier alpha value is -0.870. The van der Waals surface area contributed by atoms with E-state index in [9.17, 15) is 0 Å². The van der Waals surface area contributed by atoms with E-state index in [4.69, 9.17) is 9.26 Å². The molecular weight excluding hydrogens is 204 g/mol. The third kappa shape index (κ3) is 4.33. The first-order valence-electron chi connectivity index (χ1n) is 5.66. The molecule has 1 N–H and O–H groups in total. The van der Waals surface area contributed by atoms with Crippen LogP contribution in [0, 0.1) is 13.8 Å². The molecule has 0 spiro atoms. The van der Waals surface area contributed by atoms with Gasteiger partial charge in [-0.15, -0.1) is 0 Å². The number of aryl methyl sites for hydroxylation is 2. The molecule has 0 saturated carbocycles. The van der Waals surface area contributed by atoms with Crippen molar-refractivity contribution in [2.75, 3.05) is 13.2 Å². The van der Waals surface area contributed by atoms with Crippen LogP contribution in [0.1, 0.15) is 37.8 Å². The van der Waals surface area contributed by atoms with E-state index in [2.05, 4.69) is 31.2 Å². The zero-order chi connectivity index (χ0) is 12.2. The Kier molecular flexibility index (Phi) is 4.50. The van der Waals surface area contributed by atoms with Gasteiger partial charge in [0, 0.05) is 18.7 Å². The molecule has 0 bridgehead atoms. The van der Waals surface area contributed by atoms with Gasteiger partial charge in [0.05, 0.1) is 17.9 Å². The van der Waals surface area contributed by atoms with Gasteiger partial charge in [-0.2, -0.15) is 0 Å². The van der Waals surface area contributed by atoms with Crippen LogP contribution in [0.15, 0.2) is 4.52 Å². The van der Waals surface area contributed by atoms with Crippen LogP contribution in [-0.4, -0.2) is 23.9 Å². The quantitative estimate of drug-likeness (QED) is 0.782. The van der Waals surface area contributed by atoms with E-state index < -0.39 is 0 Å². The van der Waals surface area contributed by atoms with Crippen molar-refractivity contribution in [3.8, 4) is 0 Å². The molecule has 4 heteroatoms. The van der Waals surface area contributed by atoms with E-state index in [0.717, 1.165) is 30.1 Å². The van der Waals surface area contributed by atoms with E-state index in [1.54, 1.807) is 0 Å². The summed E-state index contributed by atoms with van der Waals surface area (Å²) >= 11 is 0. The highest BCUT2D eigenvalue weighted by Crippen LogP contribution is 2.11. The Balaban J connectivity index is 2.22. The van der Waals surface area contributed by atoms with Crippen LogP contribution in [0.5, 0.6) is 0 Å². The molecule has 4 nitrogen and oxygen atoms in total. The summed E-state index contributed by atoms with van der Waals surface area (Å²) in [6.45, 7) is 12.4. The number of hydrogen-bond acceptors (Lipinski definition) is 4. The summed E-state index contributed by atoms with van der Waals surface area (Å²) < 4.78 is 10.7. The molecule has 0 unspecified atom stereocenters. The van der Waals surface area contributed by atoms with Crippen molar-refractivity contribution in [3.63, 3.8) is 0 Å². The first-order valence-corrected chi connectivity index (χ1v) is 5.66. The lowest BCUT2D eigenvalue weighted by atomic mass is 10.2. The van der Waals surface area contributed by atoms with Crippen LogP contribution in [0.2, 0.25) is 0 Å². The molecule has 0 aromatic carbocycles. The maximum Gasteiger partial charge on any atom is 0.138 e. The molecule has 0 aliphatic rings. The second-order valence-corrected chi connectivity index (χ2v) is 4.94. The Labute approximate surface area is 97.3 Å². The molecule has 0 aliphatic heterocycles. The largest absolute Gasteiger partial charge is 0.375 e. The fraction of sp³-hybridized carbons (Fsp3) is 0.750. The highest BCUT2D eigenvalue weighted by atomic mass is 16.5. The van der Waals surface area contributed by atoms with Crippen LogP contribution < -0.4 is 5.32 Å². The zero-order valence-electron chi connectivity index (χ0n) is 10.9. The lowest BCUT2D eigenvalue weighted by molar-refractivity contribution is -0.000899. The maximum atomic E-state index is 5.61. The topological polar surface area (TPSA) is 47.3 Å². The predicted octanol–water partition coefficient (Wildman–Crippen LogP) is 2.20. The molecule has 1 aromatic rings. The molecule has 1 heterocycles. The first-order chi connectivity index (χ1) is 7.40. The van der Waals surface area contributed by atoms with Crippen molar-refractivity contribution in [1.82, 2.24) is 10.5 Å². The monoisotopic (exact) mass is 226 g/mol. The predicted molar refractivity (Wildman–Crippen MR) is 63.4 cm³/mol. The maximum absolute atomic E-state index is 5.61. The SMILES string of the molecule is Cc1noc(C)c1CNCCOC(C)(C)C. The van der Waals surface area contributed by atoms with Gasteiger partial charge in [0.1, 0.15) is 5.76 Å². The number of hydrogen-bond donors (Lipinski definition) is 1. The van der Waals surface area contributed by atoms with Gasteiger partial charge in [0.2, 0.25) is 0 Å². The van der Waals surface area contributed by atoms with Gasteiger partial charge in [-0.25, -0.2) is 0 Å². The number of ether oxygens (including phenoxy) is 1. The van der Waals surface area contributed by atoms with Crippen molar-refractivity contribution in [2.24, 2.45) is 0 Å². The fourth-order valence-electron chi connectivity index (χ4n) is 1.40. The summed E-state index contributed by atoms with van der Waals surface area (Å²) in [6, 6.07) is 0. The summed E-state index contributed by atoms with van der Waals surface area (Å²) in [5, 5.41) is 7.23. The van der Waals surface area contributed by atoms with Gasteiger partial charge in [-0.05, 0) is 34.6 Å². The minimum atomic E-state index is -0.0648. The van der Waals surface area contributed by atoms with Gasteiger partial charge in [0.15, 0.2) is 0 Å². The Bertz CT molecular complexity index is 307. The van der Waals surface area contributed by atoms with E-state index in [0.29, 0.717) is 6.61 Å². The molecule has 0 radical (unpaired) electrons. The minimum absolute atomic E-state index is 0.0648. The van der Waals surface area contributed by atoms with Crippen molar-refractivity contribution in [1.29, 1.82) is 0 Å². The third-order valence-electron chi connectivity index (χ3n) is 2.30. The van der Waals surface area contributed by atoms with Gasteiger partial charge < -0.3 is 14.6 Å². The van der Waals surface area contributed by atoms with Gasteiger partial charge in [-0.3, -0.25) is 0 Å². The number of nitrogens with one attached hydrogen (secondary N) is 1. The van der Waals surface area contributed by atoms with E-state index in [1.807, 2.05) is 13.8 Å². The van der Waals surface area contributed by atoms with Crippen molar-refractivity contribution in [2.45, 2.75) is 46.8 Å². The van der Waals surface area contributed by atoms with Gasteiger partial charge in [0.25, 0.3) is 0 Å². The highest BCUT2D eigenvalue weighted by molar-refractivity contribution is 5.20. The molecule has 1 rings (SSSR count). The number of nitrogens with zero attached hydrogens (tertiary/aromatic N) is 1. The van der Waals surface area contributed by atoms with Crippen LogP contribution in [0.3, 0.4) is 0 Å². The number of aromatic nitrogens is 1. The highest BCUT2D eigenvalue weighted by Gasteiger charge is 2.10. The third-order valence-corrected chi connectivity index (χ3v) is 2.30. The average Bonchev–Trinajstić information content (AvgIpc) is 2.46. The van der Waals surface area contributed by atoms with E-state index in [1.165, 1.54) is 0 Å². The minimum Gasteiger partial charge on any atom is -0.375 e. The average molecular weight is 226 g/mol. The zero-order valence-corrected chi connectivity index (χ0v) is 10.9. The summed E-state index contributed by atoms with van der Waals surface area (Å²) in [6.07, 6.45) is 0. The molecule has 16 heavy (non-hydrogen) atoms. The second-order valence-electron chi connectivity index (χ2n) is 4.94. The second kappa shape index (κ2) is 5.46. The molecular formula is C12H22N2O2. The van der Waals surface area contributed by atoms with Crippen LogP contribution >= 0.6 is 0 Å². The lowest BCUT2D eigenvalue weighted by Gasteiger charge is -2.19. The normalized spacial score (nSPS) is 12.1. The van der Waals surface area contributed by atoms with Gasteiger partial charge >= 0.3 is 0 Å². The Morgan fingerprint density at radius 2 is 2.00 bits per heavy atom. The molecule has 0 atom stereocenters. The summed E-state index contributed by atoms with van der Waals surface area (Å²) in [5.41, 5.74) is 2.04. The molecule has 0 aliphatic carbocycles. The Morgan fingerprint density at radius 1 is 1.31 bits per heavy atom. The lowest BCUT2D eigenvalue weighted by Crippen LogP contribution is -2.26. The van der Waals surface area contributed by atoms with Crippen LogP contribution in [-0.2, 0) is 11.3 Å². The van der Waals surface area contributed by atoms with E-state index in [-0.39, 0.29) is 5.60 Å². The van der Waals surface area contributed by atoms with Crippen molar-refractivity contribution < 1.29 is 9.26 Å². The summed E-state index contributed by atoms with van der Waals surface area (Å²) in [7, 11) is 0. The van der Waals surface area contributed by atoms with Crippen LogP contribution in [0.25, 0.3) is 0 Å². The molecule has 0 saturated heterocycles. The molecule has 0 amide bonds. The smallest absolute Gasteiger partial charge is 0.138 e. The van der Waals surface area contributed by atoms with E-state index >= 15 is 0 Å². The first kappa shape index (κ1) is 13.2.